The Morgan fingerprint density at radius 1 is 1.22 bits per heavy atom. The number of benzene rings is 1. The molecule has 3 nitrogen and oxygen atoms in total. The van der Waals surface area contributed by atoms with Crippen LogP contribution in [0.15, 0.2) is 18.2 Å². The first-order valence-electron chi connectivity index (χ1n) is 6.52. The van der Waals surface area contributed by atoms with E-state index in [4.69, 9.17) is 9.47 Å². The lowest BCUT2D eigenvalue weighted by atomic mass is 9.76. The highest BCUT2D eigenvalue weighted by atomic mass is 16.5. The van der Waals surface area contributed by atoms with Crippen LogP contribution in [0.25, 0.3) is 0 Å². The molecule has 3 rings (SSSR count). The maximum atomic E-state index is 11.7. The molecule has 0 N–H and O–H groups in total. The Kier molecular flexibility index (Phi) is 2.86. The van der Waals surface area contributed by atoms with E-state index in [1.54, 1.807) is 7.11 Å². The van der Waals surface area contributed by atoms with Gasteiger partial charge >= 0.3 is 0 Å². The van der Waals surface area contributed by atoms with Crippen LogP contribution in [0.2, 0.25) is 0 Å². The molecule has 1 aromatic rings. The SMILES string of the molecule is COc1ccc2c(c1)CC1(CC2)CC(=O)CCO1. The van der Waals surface area contributed by atoms with Crippen molar-refractivity contribution in [2.45, 2.75) is 37.7 Å². The average Bonchev–Trinajstić information content (AvgIpc) is 2.37. The molecule has 96 valence electrons. The zero-order valence-electron chi connectivity index (χ0n) is 10.7. The Labute approximate surface area is 107 Å². The van der Waals surface area contributed by atoms with E-state index < -0.39 is 0 Å². The molecule has 18 heavy (non-hydrogen) atoms. The van der Waals surface area contributed by atoms with Crippen molar-refractivity contribution in [1.82, 2.24) is 0 Å². The first kappa shape index (κ1) is 11.7. The van der Waals surface area contributed by atoms with Crippen LogP contribution in [0.3, 0.4) is 0 Å². The number of Topliss-reactive ketones (excluding diaryl/α,β-unsaturated/α-hetero) is 1. The van der Waals surface area contributed by atoms with Gasteiger partial charge in [-0.15, -0.1) is 0 Å². The van der Waals surface area contributed by atoms with Crippen molar-refractivity contribution in [2.24, 2.45) is 0 Å². The zero-order valence-corrected chi connectivity index (χ0v) is 10.7. The highest BCUT2D eigenvalue weighted by molar-refractivity contribution is 5.80. The maximum absolute atomic E-state index is 11.7. The molecule has 0 radical (unpaired) electrons. The summed E-state index contributed by atoms with van der Waals surface area (Å²) in [6, 6.07) is 6.22. The van der Waals surface area contributed by atoms with Gasteiger partial charge in [0.05, 0.1) is 19.3 Å². The molecule has 1 unspecified atom stereocenters. The van der Waals surface area contributed by atoms with Crippen molar-refractivity contribution in [3.05, 3.63) is 29.3 Å². The third kappa shape index (κ3) is 2.03. The highest BCUT2D eigenvalue weighted by Crippen LogP contribution is 2.37. The fourth-order valence-corrected chi connectivity index (χ4v) is 3.09. The summed E-state index contributed by atoms with van der Waals surface area (Å²) in [6.45, 7) is 0.581. The van der Waals surface area contributed by atoms with Gasteiger partial charge in [-0.1, -0.05) is 6.07 Å². The van der Waals surface area contributed by atoms with Gasteiger partial charge in [0.15, 0.2) is 0 Å². The molecule has 1 saturated heterocycles. The standard InChI is InChI=1S/C15H18O3/c1-17-14-3-2-11-4-6-15(9-12(11)8-14)10-13(16)5-7-18-15/h2-3,8H,4-7,9-10H2,1H3. The fraction of sp³-hybridized carbons (Fsp3) is 0.533. The van der Waals surface area contributed by atoms with Crippen LogP contribution >= 0.6 is 0 Å². The molecule has 1 atom stereocenters. The molecule has 1 heterocycles. The first-order valence-corrected chi connectivity index (χ1v) is 6.52. The number of methoxy groups -OCH3 is 1. The fourth-order valence-electron chi connectivity index (χ4n) is 3.09. The van der Waals surface area contributed by atoms with Crippen molar-refractivity contribution in [2.75, 3.05) is 13.7 Å². The van der Waals surface area contributed by atoms with Gasteiger partial charge in [-0.05, 0) is 36.1 Å². The van der Waals surface area contributed by atoms with Gasteiger partial charge in [-0.3, -0.25) is 4.79 Å². The Balaban J connectivity index is 1.89. The third-order valence-electron chi connectivity index (χ3n) is 4.08. The maximum Gasteiger partial charge on any atom is 0.138 e. The van der Waals surface area contributed by atoms with E-state index in [-0.39, 0.29) is 5.60 Å². The van der Waals surface area contributed by atoms with Gasteiger partial charge in [0, 0.05) is 19.3 Å². The van der Waals surface area contributed by atoms with Gasteiger partial charge in [-0.25, -0.2) is 0 Å². The molecule has 1 fully saturated rings. The number of ketones is 1. The van der Waals surface area contributed by atoms with Crippen LogP contribution in [0.5, 0.6) is 5.75 Å². The minimum Gasteiger partial charge on any atom is -0.497 e. The van der Waals surface area contributed by atoms with Crippen LogP contribution in [0.4, 0.5) is 0 Å². The number of hydrogen-bond donors (Lipinski definition) is 0. The Hall–Kier alpha value is -1.35. The highest BCUT2D eigenvalue weighted by Gasteiger charge is 2.39. The molecule has 2 aliphatic rings. The van der Waals surface area contributed by atoms with E-state index in [0.29, 0.717) is 25.2 Å². The van der Waals surface area contributed by atoms with E-state index in [9.17, 15) is 4.79 Å². The van der Waals surface area contributed by atoms with Crippen molar-refractivity contribution < 1.29 is 14.3 Å². The van der Waals surface area contributed by atoms with E-state index in [1.165, 1.54) is 11.1 Å². The number of fused-ring (bicyclic) bond motifs is 1. The van der Waals surface area contributed by atoms with Crippen molar-refractivity contribution >= 4 is 5.78 Å². The number of carbonyl (C=O) groups excluding carboxylic acids is 1. The van der Waals surface area contributed by atoms with Gasteiger partial charge in [0.1, 0.15) is 11.5 Å². The summed E-state index contributed by atoms with van der Waals surface area (Å²) in [5, 5.41) is 0. The van der Waals surface area contributed by atoms with Gasteiger partial charge < -0.3 is 9.47 Å². The number of aryl methyl sites for hydroxylation is 1. The third-order valence-corrected chi connectivity index (χ3v) is 4.08. The number of rotatable bonds is 1. The molecule has 0 amide bonds. The smallest absolute Gasteiger partial charge is 0.138 e. The zero-order chi connectivity index (χ0) is 12.6. The van der Waals surface area contributed by atoms with E-state index >= 15 is 0 Å². The minimum atomic E-state index is -0.241. The van der Waals surface area contributed by atoms with Crippen LogP contribution < -0.4 is 4.74 Å². The molecule has 0 saturated carbocycles. The molecule has 3 heteroatoms. The Morgan fingerprint density at radius 3 is 2.89 bits per heavy atom. The lowest BCUT2D eigenvalue weighted by Crippen LogP contribution is -2.44. The predicted molar refractivity (Wildman–Crippen MR) is 67.9 cm³/mol. The quantitative estimate of drug-likeness (QED) is 0.762. The second-order valence-electron chi connectivity index (χ2n) is 5.31. The summed E-state index contributed by atoms with van der Waals surface area (Å²) in [5.41, 5.74) is 2.40. The minimum absolute atomic E-state index is 0.241. The summed E-state index contributed by atoms with van der Waals surface area (Å²) in [4.78, 5) is 11.7. The molecule has 0 aromatic heterocycles. The summed E-state index contributed by atoms with van der Waals surface area (Å²) >= 11 is 0. The van der Waals surface area contributed by atoms with E-state index in [1.807, 2.05) is 6.07 Å². The topological polar surface area (TPSA) is 35.5 Å². The summed E-state index contributed by atoms with van der Waals surface area (Å²) < 4.78 is 11.2. The second kappa shape index (κ2) is 4.39. The molecular weight excluding hydrogens is 228 g/mol. The van der Waals surface area contributed by atoms with Crippen LogP contribution in [-0.4, -0.2) is 25.1 Å². The Bertz CT molecular complexity index is 481. The lowest BCUT2D eigenvalue weighted by molar-refractivity contribution is -0.141. The van der Waals surface area contributed by atoms with Crippen molar-refractivity contribution in [3.63, 3.8) is 0 Å². The molecule has 0 bridgehead atoms. The van der Waals surface area contributed by atoms with Gasteiger partial charge in [-0.2, -0.15) is 0 Å². The Morgan fingerprint density at radius 2 is 2.11 bits per heavy atom. The molecule has 1 aliphatic heterocycles. The molecular formula is C15H18O3. The predicted octanol–water partition coefficient (Wildman–Crippen LogP) is 2.30. The summed E-state index contributed by atoms with van der Waals surface area (Å²) in [5.74, 6) is 1.22. The van der Waals surface area contributed by atoms with Crippen LogP contribution in [0.1, 0.15) is 30.4 Å². The summed E-state index contributed by atoms with van der Waals surface area (Å²) in [7, 11) is 1.68. The number of hydrogen-bond acceptors (Lipinski definition) is 3. The van der Waals surface area contributed by atoms with Gasteiger partial charge in [0.2, 0.25) is 0 Å². The van der Waals surface area contributed by atoms with E-state index in [0.717, 1.165) is 25.0 Å². The van der Waals surface area contributed by atoms with Crippen LogP contribution in [-0.2, 0) is 22.4 Å². The van der Waals surface area contributed by atoms with Crippen LogP contribution in [0, 0.1) is 0 Å². The molecule has 1 aliphatic carbocycles. The number of carbonyl (C=O) groups is 1. The average molecular weight is 246 g/mol. The molecule has 1 aromatic carbocycles. The lowest BCUT2D eigenvalue weighted by Gasteiger charge is -2.40. The second-order valence-corrected chi connectivity index (χ2v) is 5.31. The molecule has 1 spiro atoms. The largest absolute Gasteiger partial charge is 0.497 e. The van der Waals surface area contributed by atoms with Crippen molar-refractivity contribution in [3.8, 4) is 5.75 Å². The monoisotopic (exact) mass is 246 g/mol. The number of ether oxygens (including phenoxy) is 2. The van der Waals surface area contributed by atoms with Gasteiger partial charge in [0.25, 0.3) is 0 Å². The normalized spacial score (nSPS) is 27.1. The van der Waals surface area contributed by atoms with Crippen molar-refractivity contribution in [1.29, 1.82) is 0 Å². The summed E-state index contributed by atoms with van der Waals surface area (Å²) in [6.07, 6.45) is 3.94. The van der Waals surface area contributed by atoms with E-state index in [2.05, 4.69) is 12.1 Å². The first-order chi connectivity index (χ1) is 8.71.